The molecule has 3 rings (SSSR count). The molecule has 2 nitrogen and oxygen atoms in total. The van der Waals surface area contributed by atoms with Gasteiger partial charge in [-0.15, -0.1) is 0 Å². The van der Waals surface area contributed by atoms with Crippen LogP contribution in [0.4, 0.5) is 5.69 Å². The van der Waals surface area contributed by atoms with Crippen molar-refractivity contribution in [2.75, 3.05) is 0 Å². The first-order valence-corrected chi connectivity index (χ1v) is 6.37. The Bertz CT molecular complexity index is 723. The van der Waals surface area contributed by atoms with Crippen LogP contribution < -0.4 is 0 Å². The number of benzene rings is 2. The summed E-state index contributed by atoms with van der Waals surface area (Å²) in [6, 6.07) is 12.6. The zero-order chi connectivity index (χ0) is 13.5. The van der Waals surface area contributed by atoms with Crippen LogP contribution in [0, 0.1) is 0 Å². The summed E-state index contributed by atoms with van der Waals surface area (Å²) in [4.78, 5) is 15.2. The van der Waals surface area contributed by atoms with Crippen LogP contribution in [0.1, 0.15) is 19.4 Å². The lowest BCUT2D eigenvalue weighted by Gasteiger charge is -2.20. The number of aldehydes is 1. The highest BCUT2D eigenvalue weighted by molar-refractivity contribution is 6.10. The molecule has 0 N–H and O–H groups in total. The van der Waals surface area contributed by atoms with E-state index < -0.39 is 0 Å². The monoisotopic (exact) mass is 249 g/mol. The number of nitrogens with zero attached hydrogens (tertiary/aromatic N) is 1. The molecule has 2 heteroatoms. The summed E-state index contributed by atoms with van der Waals surface area (Å²) in [6.07, 6.45) is 4.10. The van der Waals surface area contributed by atoms with E-state index in [2.05, 4.69) is 43.1 Å². The molecule has 0 bridgehead atoms. The van der Waals surface area contributed by atoms with Crippen LogP contribution in [0.3, 0.4) is 0 Å². The van der Waals surface area contributed by atoms with E-state index in [1.165, 1.54) is 22.4 Å². The summed E-state index contributed by atoms with van der Waals surface area (Å²) in [7, 11) is 0. The minimum absolute atomic E-state index is 0.154. The number of hydrogen-bond acceptors (Lipinski definition) is 2. The Morgan fingerprint density at radius 2 is 1.79 bits per heavy atom. The first-order chi connectivity index (χ1) is 9.13. The minimum atomic E-state index is -0.154. The van der Waals surface area contributed by atoms with E-state index in [1.54, 1.807) is 6.08 Å². The Balaban J connectivity index is 2.21. The van der Waals surface area contributed by atoms with E-state index in [9.17, 15) is 4.79 Å². The molecule has 1 aliphatic rings. The predicted octanol–water partition coefficient (Wildman–Crippen LogP) is 3.96. The van der Waals surface area contributed by atoms with Crippen molar-refractivity contribution in [1.29, 1.82) is 0 Å². The highest BCUT2D eigenvalue weighted by Gasteiger charge is 2.33. The van der Waals surface area contributed by atoms with E-state index in [0.717, 1.165) is 17.7 Å². The quantitative estimate of drug-likeness (QED) is 0.585. The van der Waals surface area contributed by atoms with E-state index in [4.69, 9.17) is 0 Å². The molecule has 1 aliphatic heterocycles. The lowest BCUT2D eigenvalue weighted by Crippen LogP contribution is -2.23. The maximum atomic E-state index is 10.5. The lowest BCUT2D eigenvalue weighted by atomic mass is 9.80. The Morgan fingerprint density at radius 1 is 1.11 bits per heavy atom. The van der Waals surface area contributed by atoms with Crippen molar-refractivity contribution < 1.29 is 4.79 Å². The molecule has 1 heterocycles. The molecule has 0 fully saturated rings. The topological polar surface area (TPSA) is 29.4 Å². The van der Waals surface area contributed by atoms with Crippen LogP contribution in [0.5, 0.6) is 0 Å². The van der Waals surface area contributed by atoms with Crippen molar-refractivity contribution in [3.63, 3.8) is 0 Å². The maximum Gasteiger partial charge on any atom is 0.142 e. The summed E-state index contributed by atoms with van der Waals surface area (Å²) in [5.74, 6) is 0. The van der Waals surface area contributed by atoms with Gasteiger partial charge in [-0.2, -0.15) is 0 Å². The number of allylic oxidation sites excluding steroid dienone is 2. The molecule has 0 spiro atoms. The zero-order valence-electron chi connectivity index (χ0n) is 11.1. The smallest absolute Gasteiger partial charge is 0.142 e. The van der Waals surface area contributed by atoms with Crippen LogP contribution >= 0.6 is 0 Å². The van der Waals surface area contributed by atoms with E-state index in [0.29, 0.717) is 0 Å². The molecular formula is C17H15NO. The van der Waals surface area contributed by atoms with Crippen molar-refractivity contribution >= 4 is 28.5 Å². The highest BCUT2D eigenvalue weighted by atomic mass is 16.1. The second kappa shape index (κ2) is 4.16. The highest BCUT2D eigenvalue weighted by Crippen LogP contribution is 2.42. The fourth-order valence-electron chi connectivity index (χ4n) is 2.60. The fourth-order valence-corrected chi connectivity index (χ4v) is 2.60. The Labute approximate surface area is 112 Å². The molecule has 0 amide bonds. The molecular weight excluding hydrogens is 234 g/mol. The molecule has 0 saturated carbocycles. The van der Waals surface area contributed by atoms with Gasteiger partial charge in [0.2, 0.25) is 0 Å². The zero-order valence-corrected chi connectivity index (χ0v) is 11.1. The van der Waals surface area contributed by atoms with Gasteiger partial charge in [0, 0.05) is 5.41 Å². The average molecular weight is 249 g/mol. The van der Waals surface area contributed by atoms with Gasteiger partial charge in [-0.3, -0.25) is 9.79 Å². The second-order valence-corrected chi connectivity index (χ2v) is 5.33. The van der Waals surface area contributed by atoms with Crippen molar-refractivity contribution in [2.24, 2.45) is 4.99 Å². The van der Waals surface area contributed by atoms with E-state index in [1.807, 2.05) is 12.1 Å². The van der Waals surface area contributed by atoms with Crippen LogP contribution in [-0.2, 0) is 10.2 Å². The number of carbonyl (C=O) groups is 1. The molecule has 0 saturated heterocycles. The second-order valence-electron chi connectivity index (χ2n) is 5.33. The van der Waals surface area contributed by atoms with Crippen molar-refractivity contribution in [1.82, 2.24) is 0 Å². The number of fused-ring (bicyclic) bond motifs is 2. The van der Waals surface area contributed by atoms with Gasteiger partial charge in [0.05, 0.1) is 11.4 Å². The average Bonchev–Trinajstić information content (AvgIpc) is 2.65. The molecule has 2 aromatic rings. The normalized spacial score (nSPS) is 16.6. The summed E-state index contributed by atoms with van der Waals surface area (Å²) in [5, 5.41) is 2.42. The molecule has 2 aromatic carbocycles. The summed E-state index contributed by atoms with van der Waals surface area (Å²) in [5.41, 5.74) is 3.01. The van der Waals surface area contributed by atoms with Gasteiger partial charge in [-0.1, -0.05) is 38.1 Å². The lowest BCUT2D eigenvalue weighted by molar-refractivity contribution is -0.104. The Kier molecular flexibility index (Phi) is 2.59. The van der Waals surface area contributed by atoms with Crippen LogP contribution in [0.2, 0.25) is 0 Å². The maximum absolute atomic E-state index is 10.5. The predicted molar refractivity (Wildman–Crippen MR) is 79.3 cm³/mol. The number of rotatable bonds is 2. The number of hydrogen-bond donors (Lipinski definition) is 0. The van der Waals surface area contributed by atoms with Crippen LogP contribution in [0.25, 0.3) is 10.8 Å². The van der Waals surface area contributed by atoms with E-state index in [-0.39, 0.29) is 5.41 Å². The molecule has 0 atom stereocenters. The molecule has 0 unspecified atom stereocenters. The third kappa shape index (κ3) is 1.80. The van der Waals surface area contributed by atoms with Crippen molar-refractivity contribution in [2.45, 2.75) is 19.3 Å². The van der Waals surface area contributed by atoms with Gasteiger partial charge < -0.3 is 0 Å². The Hall–Kier alpha value is -2.22. The number of carbonyl (C=O) groups excluding carboxylic acids is 1. The largest absolute Gasteiger partial charge is 0.299 e. The van der Waals surface area contributed by atoms with Gasteiger partial charge in [0.1, 0.15) is 6.29 Å². The van der Waals surface area contributed by atoms with Crippen LogP contribution in [-0.4, -0.2) is 12.0 Å². The van der Waals surface area contributed by atoms with Crippen molar-refractivity contribution in [3.8, 4) is 0 Å². The van der Waals surface area contributed by atoms with E-state index >= 15 is 0 Å². The third-order valence-electron chi connectivity index (χ3n) is 3.75. The van der Waals surface area contributed by atoms with Gasteiger partial charge >= 0.3 is 0 Å². The van der Waals surface area contributed by atoms with Gasteiger partial charge in [0.25, 0.3) is 0 Å². The SMILES string of the molecule is CC1(C)C(/C=C/C=O)=Nc2cc3ccccc3cc21. The molecule has 94 valence electrons. The van der Waals surface area contributed by atoms with Gasteiger partial charge in [-0.25, -0.2) is 0 Å². The first kappa shape index (κ1) is 11.8. The minimum Gasteiger partial charge on any atom is -0.299 e. The van der Waals surface area contributed by atoms with Gasteiger partial charge in [-0.05, 0) is 40.6 Å². The molecule has 0 aromatic heterocycles. The van der Waals surface area contributed by atoms with Crippen molar-refractivity contribution in [3.05, 3.63) is 54.1 Å². The Morgan fingerprint density at radius 3 is 2.47 bits per heavy atom. The third-order valence-corrected chi connectivity index (χ3v) is 3.75. The summed E-state index contributed by atoms with van der Waals surface area (Å²) >= 11 is 0. The molecule has 0 aliphatic carbocycles. The standard InChI is InChI=1S/C17H15NO/c1-17(2)14-10-12-6-3-4-7-13(12)11-15(14)18-16(17)8-5-9-19/h3-11H,1-2H3/b8-5+. The van der Waals surface area contributed by atoms with Gasteiger partial charge in [0.15, 0.2) is 0 Å². The number of aliphatic imine (C=N–C) groups is 1. The summed E-state index contributed by atoms with van der Waals surface area (Å²) < 4.78 is 0. The fraction of sp³-hybridized carbons (Fsp3) is 0.176. The molecule has 19 heavy (non-hydrogen) atoms. The van der Waals surface area contributed by atoms with Crippen LogP contribution in [0.15, 0.2) is 53.5 Å². The first-order valence-electron chi connectivity index (χ1n) is 6.37. The summed E-state index contributed by atoms with van der Waals surface area (Å²) in [6.45, 7) is 4.28. The molecule has 0 radical (unpaired) electrons.